The number of rotatable bonds is 9. The molecule has 0 radical (unpaired) electrons. The van der Waals surface area contributed by atoms with Crippen molar-refractivity contribution in [3.8, 4) is 0 Å². The summed E-state index contributed by atoms with van der Waals surface area (Å²) < 4.78 is 0. The molecule has 3 saturated heterocycles. The number of nitrogens with one attached hydrogen (secondary N) is 2. The van der Waals surface area contributed by atoms with Crippen LogP contribution in [-0.4, -0.2) is 97.2 Å². The number of nitrogens with two attached hydrogens (primary N) is 1. The molecule has 4 N–H and O–H groups in total. The molecule has 0 aromatic heterocycles. The number of piperazine rings is 1. The molecule has 1 aliphatic carbocycles. The van der Waals surface area contributed by atoms with E-state index in [-0.39, 0.29) is 47.9 Å². The van der Waals surface area contributed by atoms with Gasteiger partial charge < -0.3 is 31.1 Å². The van der Waals surface area contributed by atoms with Gasteiger partial charge in [-0.2, -0.15) is 0 Å². The van der Waals surface area contributed by atoms with Crippen LogP contribution in [0.1, 0.15) is 68.6 Å². The zero-order valence-corrected chi connectivity index (χ0v) is 24.4. The maximum absolute atomic E-state index is 13.3. The summed E-state index contributed by atoms with van der Waals surface area (Å²) in [6.45, 7) is 6.84. The van der Waals surface area contributed by atoms with Gasteiger partial charge in [0.25, 0.3) is 5.91 Å². The van der Waals surface area contributed by atoms with Crippen molar-refractivity contribution in [2.75, 3.05) is 50.7 Å². The summed E-state index contributed by atoms with van der Waals surface area (Å²) in [6, 6.07) is 6.33. The summed E-state index contributed by atoms with van der Waals surface area (Å²) >= 11 is 0. The Bertz CT molecular complexity index is 1100. The number of nitrogens with zero attached hydrogens (tertiary/aromatic N) is 3. The Morgan fingerprint density at radius 2 is 1.71 bits per heavy atom. The van der Waals surface area contributed by atoms with E-state index in [1.165, 1.54) is 6.42 Å². The predicted octanol–water partition coefficient (Wildman–Crippen LogP) is 1.53. The largest absolute Gasteiger partial charge is 0.369 e. The number of carbonyl (C=O) groups is 4. The Kier molecular flexibility index (Phi) is 9.60. The van der Waals surface area contributed by atoms with Crippen molar-refractivity contribution >= 4 is 29.2 Å². The van der Waals surface area contributed by atoms with Crippen molar-refractivity contribution in [1.29, 1.82) is 0 Å². The van der Waals surface area contributed by atoms with E-state index in [9.17, 15) is 19.2 Å². The Balaban J connectivity index is 1.06. The number of carbonyl (C=O) groups excluding carboxylic acids is 4. The SMILES string of the molecule is CC(CCNC(=O)c1ccc(N2CCNCC2)cc1)CC(=O)N1CCC2C1C(=O)CN2C(=O)C(N)C1CCCCC1. The lowest BCUT2D eigenvalue weighted by molar-refractivity contribution is -0.137. The fraction of sp³-hybridized carbons (Fsp3) is 0.677. The molecule has 4 fully saturated rings. The van der Waals surface area contributed by atoms with Crippen molar-refractivity contribution in [2.45, 2.75) is 76.4 Å². The van der Waals surface area contributed by atoms with Gasteiger partial charge in [-0.15, -0.1) is 0 Å². The number of anilines is 1. The summed E-state index contributed by atoms with van der Waals surface area (Å²) in [5.41, 5.74) is 8.13. The molecule has 1 aromatic rings. The lowest BCUT2D eigenvalue weighted by Gasteiger charge is -2.31. The molecule has 3 heterocycles. The minimum Gasteiger partial charge on any atom is -0.369 e. The summed E-state index contributed by atoms with van der Waals surface area (Å²) in [6.07, 6.45) is 6.91. The van der Waals surface area contributed by atoms with E-state index >= 15 is 0 Å². The monoisotopic (exact) mass is 566 g/mol. The van der Waals surface area contributed by atoms with Gasteiger partial charge in [-0.05, 0) is 61.8 Å². The molecule has 3 amide bonds. The molecule has 5 rings (SSSR count). The third kappa shape index (κ3) is 6.75. The van der Waals surface area contributed by atoms with Gasteiger partial charge in [0.2, 0.25) is 11.8 Å². The second-order valence-corrected chi connectivity index (χ2v) is 12.4. The summed E-state index contributed by atoms with van der Waals surface area (Å²) in [4.78, 5) is 57.8. The van der Waals surface area contributed by atoms with Gasteiger partial charge in [0.1, 0.15) is 6.04 Å². The van der Waals surface area contributed by atoms with E-state index in [1.54, 1.807) is 9.80 Å². The Hall–Kier alpha value is -2.98. The molecule has 4 unspecified atom stereocenters. The number of likely N-dealkylation sites (tertiary alicyclic amines) is 2. The molecule has 10 heteroatoms. The number of hydrogen-bond donors (Lipinski definition) is 3. The fourth-order valence-corrected chi connectivity index (χ4v) is 7.08. The van der Waals surface area contributed by atoms with Gasteiger partial charge in [0.15, 0.2) is 5.78 Å². The maximum Gasteiger partial charge on any atom is 0.251 e. The first-order valence-corrected chi connectivity index (χ1v) is 15.6. The average Bonchev–Trinajstić information content (AvgIpc) is 3.58. The standard InChI is InChI=1S/C31H46N6O4/c1-21(11-13-34-30(40)23-7-9-24(10-8-23)35-17-14-33-15-18-35)19-27(39)36-16-12-25-29(36)26(38)20-37(25)31(41)28(32)22-5-3-2-4-6-22/h7-10,21-22,25,28-29,33H,2-6,11-20,32H2,1H3,(H,34,40). The highest BCUT2D eigenvalue weighted by atomic mass is 16.2. The van der Waals surface area contributed by atoms with Gasteiger partial charge in [-0.3, -0.25) is 19.2 Å². The van der Waals surface area contributed by atoms with Gasteiger partial charge in [-0.25, -0.2) is 0 Å². The molecular formula is C31H46N6O4. The van der Waals surface area contributed by atoms with E-state index in [2.05, 4.69) is 15.5 Å². The molecule has 10 nitrogen and oxygen atoms in total. The van der Waals surface area contributed by atoms with Crippen LogP contribution in [0, 0.1) is 11.8 Å². The van der Waals surface area contributed by atoms with Crippen molar-refractivity contribution in [2.24, 2.45) is 17.6 Å². The van der Waals surface area contributed by atoms with Crippen molar-refractivity contribution < 1.29 is 19.2 Å². The number of fused-ring (bicyclic) bond motifs is 1. The van der Waals surface area contributed by atoms with Crippen LogP contribution in [-0.2, 0) is 14.4 Å². The molecule has 0 spiro atoms. The normalized spacial score (nSPS) is 24.7. The maximum atomic E-state index is 13.3. The summed E-state index contributed by atoms with van der Waals surface area (Å²) in [5, 5.41) is 6.32. The minimum atomic E-state index is -0.563. The fourth-order valence-electron chi connectivity index (χ4n) is 7.08. The summed E-state index contributed by atoms with van der Waals surface area (Å²) in [7, 11) is 0. The topological polar surface area (TPSA) is 128 Å². The molecule has 41 heavy (non-hydrogen) atoms. The van der Waals surface area contributed by atoms with E-state index in [1.807, 2.05) is 31.2 Å². The number of Topliss-reactive ketones (excluding diaryl/α,β-unsaturated/α-hetero) is 1. The van der Waals surface area contributed by atoms with Crippen LogP contribution < -0.4 is 21.3 Å². The first-order chi connectivity index (χ1) is 19.8. The lowest BCUT2D eigenvalue weighted by Crippen LogP contribution is -2.51. The Labute approximate surface area is 243 Å². The quantitative estimate of drug-likeness (QED) is 0.414. The molecule has 0 bridgehead atoms. The highest BCUT2D eigenvalue weighted by Crippen LogP contribution is 2.33. The van der Waals surface area contributed by atoms with E-state index in [0.29, 0.717) is 37.9 Å². The van der Waals surface area contributed by atoms with E-state index in [0.717, 1.165) is 57.5 Å². The van der Waals surface area contributed by atoms with Crippen LogP contribution in [0.25, 0.3) is 0 Å². The van der Waals surface area contributed by atoms with Crippen LogP contribution in [0.2, 0.25) is 0 Å². The molecule has 1 saturated carbocycles. The molecule has 224 valence electrons. The van der Waals surface area contributed by atoms with Gasteiger partial charge in [0, 0.05) is 56.9 Å². The second kappa shape index (κ2) is 13.3. The van der Waals surface area contributed by atoms with Crippen molar-refractivity contribution in [3.05, 3.63) is 29.8 Å². The zero-order valence-electron chi connectivity index (χ0n) is 24.4. The molecular weight excluding hydrogens is 520 g/mol. The lowest BCUT2D eigenvalue weighted by atomic mass is 9.83. The second-order valence-electron chi connectivity index (χ2n) is 12.4. The van der Waals surface area contributed by atoms with Crippen molar-refractivity contribution in [3.63, 3.8) is 0 Å². The zero-order chi connectivity index (χ0) is 28.9. The third-order valence-corrected chi connectivity index (χ3v) is 9.53. The van der Waals surface area contributed by atoms with Crippen LogP contribution in [0.15, 0.2) is 24.3 Å². The van der Waals surface area contributed by atoms with Gasteiger partial charge in [-0.1, -0.05) is 26.2 Å². The number of amides is 3. The summed E-state index contributed by atoms with van der Waals surface area (Å²) in [5.74, 6) is -0.138. The number of ketones is 1. The Morgan fingerprint density at radius 3 is 2.41 bits per heavy atom. The Morgan fingerprint density at radius 1 is 1.00 bits per heavy atom. The van der Waals surface area contributed by atoms with Crippen LogP contribution in [0.5, 0.6) is 0 Å². The molecule has 4 atom stereocenters. The average molecular weight is 567 g/mol. The van der Waals surface area contributed by atoms with Gasteiger partial charge in [0.05, 0.1) is 18.6 Å². The smallest absolute Gasteiger partial charge is 0.251 e. The highest BCUT2D eigenvalue weighted by molar-refractivity contribution is 5.98. The highest BCUT2D eigenvalue weighted by Gasteiger charge is 2.52. The van der Waals surface area contributed by atoms with Crippen LogP contribution >= 0.6 is 0 Å². The van der Waals surface area contributed by atoms with Gasteiger partial charge >= 0.3 is 0 Å². The van der Waals surface area contributed by atoms with Crippen LogP contribution in [0.4, 0.5) is 5.69 Å². The first kappa shape index (κ1) is 29.5. The minimum absolute atomic E-state index is 0.0471. The predicted molar refractivity (Wildman–Crippen MR) is 157 cm³/mol. The molecule has 4 aliphatic rings. The first-order valence-electron chi connectivity index (χ1n) is 15.6. The van der Waals surface area contributed by atoms with E-state index in [4.69, 9.17) is 5.73 Å². The molecule has 1 aromatic carbocycles. The number of hydrogen-bond acceptors (Lipinski definition) is 7. The van der Waals surface area contributed by atoms with Crippen LogP contribution in [0.3, 0.4) is 0 Å². The van der Waals surface area contributed by atoms with E-state index < -0.39 is 12.1 Å². The van der Waals surface area contributed by atoms with Crippen molar-refractivity contribution in [1.82, 2.24) is 20.4 Å². The number of benzene rings is 1. The molecule has 3 aliphatic heterocycles. The third-order valence-electron chi connectivity index (χ3n) is 9.53.